The van der Waals surface area contributed by atoms with E-state index < -0.39 is 29.4 Å². The summed E-state index contributed by atoms with van der Waals surface area (Å²) >= 11 is 0. The van der Waals surface area contributed by atoms with Crippen LogP contribution in [-0.2, 0) is 11.3 Å². The fraction of sp³-hybridized carbons (Fsp3) is 0.500. The molecular weight excluding hydrogens is 460 g/mol. The first-order valence-corrected chi connectivity index (χ1v) is 12.3. The zero-order valence-corrected chi connectivity index (χ0v) is 20.2. The summed E-state index contributed by atoms with van der Waals surface area (Å²) in [4.78, 5) is 0. The Morgan fingerprint density at radius 2 is 1.74 bits per heavy atom. The van der Waals surface area contributed by atoms with Gasteiger partial charge in [0.05, 0.1) is 25.4 Å². The number of hydrogen-bond donors (Lipinski definition) is 1. The van der Waals surface area contributed by atoms with Crippen LogP contribution in [0.3, 0.4) is 0 Å². The molecule has 35 heavy (non-hydrogen) atoms. The van der Waals surface area contributed by atoms with Crippen LogP contribution in [0, 0.1) is 23.3 Å². The topological polar surface area (TPSA) is 38.7 Å². The number of hydrogen-bond acceptors (Lipinski definition) is 3. The van der Waals surface area contributed by atoms with Gasteiger partial charge in [0.25, 0.3) is 0 Å². The van der Waals surface area contributed by atoms with E-state index in [1.165, 1.54) is 18.2 Å². The molecule has 1 saturated carbocycles. The van der Waals surface area contributed by atoms with Crippen LogP contribution < -0.4 is 4.74 Å². The van der Waals surface area contributed by atoms with E-state index in [9.17, 15) is 22.7 Å². The first kappa shape index (κ1) is 27.2. The molecule has 0 aliphatic heterocycles. The lowest BCUT2D eigenvalue weighted by Crippen LogP contribution is -2.22. The molecule has 0 bridgehead atoms. The van der Waals surface area contributed by atoms with Gasteiger partial charge >= 0.3 is 0 Å². The molecule has 3 nitrogen and oxygen atoms in total. The van der Waals surface area contributed by atoms with Crippen molar-refractivity contribution in [3.05, 3.63) is 76.9 Å². The quantitative estimate of drug-likeness (QED) is 0.187. The van der Waals surface area contributed by atoms with Crippen molar-refractivity contribution in [2.24, 2.45) is 0 Å². The smallest absolute Gasteiger partial charge is 0.200 e. The number of allylic oxidation sites excluding steroid dienone is 1. The van der Waals surface area contributed by atoms with E-state index in [2.05, 4.69) is 6.58 Å². The van der Waals surface area contributed by atoms with Gasteiger partial charge in [-0.1, -0.05) is 37.6 Å². The highest BCUT2D eigenvalue weighted by Gasteiger charge is 2.27. The molecule has 0 spiro atoms. The lowest BCUT2D eigenvalue weighted by Gasteiger charge is -2.29. The molecule has 2 aromatic rings. The van der Waals surface area contributed by atoms with Crippen molar-refractivity contribution in [3.8, 4) is 5.75 Å². The van der Waals surface area contributed by atoms with Gasteiger partial charge in [-0.25, -0.2) is 13.2 Å². The number of unbranched alkanes of at least 4 members (excludes halogenated alkanes) is 1. The maximum Gasteiger partial charge on any atom is 0.200 e. The zero-order chi connectivity index (χ0) is 25.4. The van der Waals surface area contributed by atoms with E-state index in [-0.39, 0.29) is 42.1 Å². The Hall–Kier alpha value is -2.38. The van der Waals surface area contributed by atoms with Crippen LogP contribution in [-0.4, -0.2) is 17.8 Å². The summed E-state index contributed by atoms with van der Waals surface area (Å²) in [7, 11) is 0. The lowest BCUT2D eigenvalue weighted by atomic mass is 9.82. The normalized spacial score (nSPS) is 18.9. The minimum atomic E-state index is -1.04. The van der Waals surface area contributed by atoms with Crippen molar-refractivity contribution < 1.29 is 32.1 Å². The third-order valence-corrected chi connectivity index (χ3v) is 6.59. The van der Waals surface area contributed by atoms with Crippen molar-refractivity contribution in [1.82, 2.24) is 0 Å². The van der Waals surface area contributed by atoms with Gasteiger partial charge in [0.2, 0.25) is 5.82 Å². The Balaban J connectivity index is 1.54. The monoisotopic (exact) mass is 494 g/mol. The Labute approximate surface area is 204 Å². The SMILES string of the molecule is C=CCCCOc1ccc(C2CCC(OCc3ccc(C(O)CCC)c(F)c3F)CC2)c(F)c1F. The number of aliphatic hydroxyl groups is 1. The van der Waals surface area contributed by atoms with Crippen LogP contribution in [0.2, 0.25) is 0 Å². The maximum atomic E-state index is 14.7. The van der Waals surface area contributed by atoms with E-state index >= 15 is 0 Å². The standard InChI is InChI=1S/C28H34F4O3/c1-3-5-6-16-34-24-15-14-21(26(30)28(24)32)18-8-11-20(12-9-18)35-17-19-10-13-22(23(33)7-4-2)27(31)25(19)29/h3,10,13-15,18,20,23,33H,1,4-9,11-12,16-17H2,2H3. The van der Waals surface area contributed by atoms with Gasteiger partial charge in [-0.15, -0.1) is 6.58 Å². The molecule has 1 atom stereocenters. The second kappa shape index (κ2) is 13.1. The van der Waals surface area contributed by atoms with Gasteiger partial charge in [0, 0.05) is 11.1 Å². The minimum absolute atomic E-state index is 0.0453. The highest BCUT2D eigenvalue weighted by Crippen LogP contribution is 2.38. The Morgan fingerprint density at radius 1 is 1.00 bits per heavy atom. The largest absolute Gasteiger partial charge is 0.490 e. The maximum absolute atomic E-state index is 14.7. The fourth-order valence-electron chi connectivity index (χ4n) is 4.53. The fourth-order valence-corrected chi connectivity index (χ4v) is 4.53. The molecule has 1 unspecified atom stereocenters. The van der Waals surface area contributed by atoms with Crippen molar-refractivity contribution in [2.45, 2.75) is 83.0 Å². The van der Waals surface area contributed by atoms with Gasteiger partial charge in [0.15, 0.2) is 23.2 Å². The average Bonchev–Trinajstić information content (AvgIpc) is 2.86. The van der Waals surface area contributed by atoms with Crippen LogP contribution in [0.1, 0.15) is 87.0 Å². The van der Waals surface area contributed by atoms with Gasteiger partial charge in [0.1, 0.15) is 0 Å². The highest BCUT2D eigenvalue weighted by molar-refractivity contribution is 5.33. The molecule has 0 aromatic heterocycles. The second-order valence-electron chi connectivity index (χ2n) is 9.09. The molecule has 2 aromatic carbocycles. The lowest BCUT2D eigenvalue weighted by molar-refractivity contribution is 0.0115. The minimum Gasteiger partial charge on any atom is -0.490 e. The van der Waals surface area contributed by atoms with E-state index in [4.69, 9.17) is 9.47 Å². The summed E-state index contributed by atoms with van der Waals surface area (Å²) < 4.78 is 69.2. The zero-order valence-electron chi connectivity index (χ0n) is 20.2. The summed E-state index contributed by atoms with van der Waals surface area (Å²) in [6, 6.07) is 5.90. The molecule has 0 radical (unpaired) electrons. The van der Waals surface area contributed by atoms with Gasteiger partial charge in [-0.2, -0.15) is 4.39 Å². The predicted octanol–water partition coefficient (Wildman–Crippen LogP) is 7.66. The van der Waals surface area contributed by atoms with E-state index in [1.807, 2.05) is 6.92 Å². The molecule has 1 aliphatic carbocycles. The highest BCUT2D eigenvalue weighted by atomic mass is 19.2. The van der Waals surface area contributed by atoms with Crippen LogP contribution in [0.5, 0.6) is 5.75 Å². The number of rotatable bonds is 12. The van der Waals surface area contributed by atoms with E-state index in [1.54, 1.807) is 12.1 Å². The molecule has 1 N–H and O–H groups in total. The summed E-state index contributed by atoms with van der Waals surface area (Å²) in [6.07, 6.45) is 5.34. The van der Waals surface area contributed by atoms with Crippen LogP contribution in [0.15, 0.2) is 36.9 Å². The van der Waals surface area contributed by atoms with Gasteiger partial charge < -0.3 is 14.6 Å². The van der Waals surface area contributed by atoms with Crippen LogP contribution >= 0.6 is 0 Å². The Bertz CT molecular complexity index is 987. The summed E-state index contributed by atoms with van der Waals surface area (Å²) in [5, 5.41) is 9.98. The molecule has 192 valence electrons. The predicted molar refractivity (Wildman–Crippen MR) is 127 cm³/mol. The van der Waals surface area contributed by atoms with Crippen molar-refractivity contribution >= 4 is 0 Å². The summed E-state index contributed by atoms with van der Waals surface area (Å²) in [5.74, 6) is -4.12. The number of aliphatic hydroxyl groups excluding tert-OH is 1. The Kier molecular flexibility index (Phi) is 10.2. The Morgan fingerprint density at radius 3 is 2.43 bits per heavy atom. The molecule has 3 rings (SSSR count). The van der Waals surface area contributed by atoms with Crippen molar-refractivity contribution in [1.29, 1.82) is 0 Å². The van der Waals surface area contributed by atoms with Crippen LogP contribution in [0.25, 0.3) is 0 Å². The molecule has 0 heterocycles. The number of ether oxygens (including phenoxy) is 2. The van der Waals surface area contributed by atoms with Crippen molar-refractivity contribution in [2.75, 3.05) is 6.61 Å². The second-order valence-corrected chi connectivity index (χ2v) is 9.09. The first-order valence-electron chi connectivity index (χ1n) is 12.3. The van der Waals surface area contributed by atoms with Crippen LogP contribution in [0.4, 0.5) is 17.6 Å². The third kappa shape index (κ3) is 6.85. The molecular formula is C28H34F4O3. The van der Waals surface area contributed by atoms with Gasteiger partial charge in [-0.05, 0) is 62.5 Å². The molecule has 0 amide bonds. The van der Waals surface area contributed by atoms with E-state index in [0.29, 0.717) is 50.5 Å². The molecule has 1 aliphatic rings. The number of halogens is 4. The van der Waals surface area contributed by atoms with Crippen molar-refractivity contribution in [3.63, 3.8) is 0 Å². The first-order chi connectivity index (χ1) is 16.9. The number of benzene rings is 2. The molecule has 1 fully saturated rings. The molecule has 0 saturated heterocycles. The van der Waals surface area contributed by atoms with E-state index in [0.717, 1.165) is 6.42 Å². The molecule has 7 heteroatoms. The third-order valence-electron chi connectivity index (χ3n) is 6.59. The average molecular weight is 495 g/mol. The summed E-state index contributed by atoms with van der Waals surface area (Å²) in [5.41, 5.74) is 0.374. The summed E-state index contributed by atoms with van der Waals surface area (Å²) in [6.45, 7) is 5.67. The van der Waals surface area contributed by atoms with Gasteiger partial charge in [-0.3, -0.25) is 0 Å².